The van der Waals surface area contributed by atoms with Crippen LogP contribution in [0.25, 0.3) is 10.6 Å². The molecule has 0 fully saturated rings. The highest BCUT2D eigenvalue weighted by atomic mass is 32.2. The first-order valence-electron chi connectivity index (χ1n) is 8.36. The van der Waals surface area contributed by atoms with Crippen molar-refractivity contribution >= 4 is 21.4 Å². The smallest absolute Gasteiger partial charge is 0.273 e. The summed E-state index contributed by atoms with van der Waals surface area (Å²) < 4.78 is 66.1. The molecule has 2 aromatic heterocycles. The van der Waals surface area contributed by atoms with Crippen molar-refractivity contribution in [2.24, 2.45) is 0 Å². The van der Waals surface area contributed by atoms with Gasteiger partial charge < -0.3 is 0 Å². The van der Waals surface area contributed by atoms with Crippen LogP contribution in [-0.4, -0.2) is 25.2 Å². The largest absolute Gasteiger partial charge is 0.432 e. The number of aryl methyl sites for hydroxylation is 1. The molecule has 3 aromatic rings. The molecule has 2 heterocycles. The van der Waals surface area contributed by atoms with Crippen LogP contribution in [0.3, 0.4) is 0 Å². The molecule has 0 saturated heterocycles. The van der Waals surface area contributed by atoms with Gasteiger partial charge in [0.1, 0.15) is 11.4 Å². The van der Waals surface area contributed by atoms with Gasteiger partial charge in [-0.3, -0.25) is 5.10 Å². The standard InChI is InChI=1S/C18H18F3N3O2S2/c1-11(13-6-4-3-5-7-13)10-22-28(25,26)16-9-15(27-12(16)2)14-8-17(24-23-14)18(19,20)21/h3-9,11,22H,10H2,1-2H3,(H,23,24)/t11-/m1/s1. The number of aromatic amines is 1. The molecule has 28 heavy (non-hydrogen) atoms. The van der Waals surface area contributed by atoms with Crippen LogP contribution in [0.15, 0.2) is 47.4 Å². The predicted molar refractivity (Wildman–Crippen MR) is 102 cm³/mol. The highest BCUT2D eigenvalue weighted by Gasteiger charge is 2.33. The maximum absolute atomic E-state index is 12.7. The average molecular weight is 429 g/mol. The van der Waals surface area contributed by atoms with Crippen molar-refractivity contribution in [1.29, 1.82) is 0 Å². The maximum atomic E-state index is 12.7. The molecule has 10 heteroatoms. The van der Waals surface area contributed by atoms with Crippen molar-refractivity contribution in [2.45, 2.75) is 30.8 Å². The molecule has 0 radical (unpaired) electrons. The summed E-state index contributed by atoms with van der Waals surface area (Å²) in [6.45, 7) is 3.73. The molecular formula is C18H18F3N3O2S2. The number of H-pyrrole nitrogens is 1. The number of hydrogen-bond donors (Lipinski definition) is 2. The third kappa shape index (κ3) is 4.45. The van der Waals surface area contributed by atoms with E-state index in [0.29, 0.717) is 9.75 Å². The molecule has 0 aliphatic rings. The third-order valence-corrected chi connectivity index (χ3v) is 7.00. The van der Waals surface area contributed by atoms with Gasteiger partial charge in [-0.2, -0.15) is 18.3 Å². The summed E-state index contributed by atoms with van der Waals surface area (Å²) in [5.74, 6) is -0.0323. The van der Waals surface area contributed by atoms with Gasteiger partial charge in [0.25, 0.3) is 0 Å². The van der Waals surface area contributed by atoms with Crippen LogP contribution in [0.4, 0.5) is 13.2 Å². The Bertz CT molecular complexity index is 1060. The number of aromatic nitrogens is 2. The van der Waals surface area contributed by atoms with E-state index in [2.05, 4.69) is 9.82 Å². The first kappa shape index (κ1) is 20.6. The first-order chi connectivity index (χ1) is 13.1. The fourth-order valence-corrected chi connectivity index (χ4v) is 5.34. The molecule has 3 rings (SSSR count). The minimum atomic E-state index is -4.54. The minimum Gasteiger partial charge on any atom is -0.273 e. The molecule has 0 unspecified atom stereocenters. The van der Waals surface area contributed by atoms with Crippen molar-refractivity contribution in [1.82, 2.24) is 14.9 Å². The lowest BCUT2D eigenvalue weighted by Gasteiger charge is -2.13. The zero-order valence-electron chi connectivity index (χ0n) is 15.0. The van der Waals surface area contributed by atoms with Crippen LogP contribution in [0.1, 0.15) is 29.0 Å². The SMILES string of the molecule is Cc1sc(-c2cc(C(F)(F)F)[nH]n2)cc1S(=O)(=O)NC[C@@H](C)c1ccccc1. The average Bonchev–Trinajstić information content (AvgIpc) is 3.27. The van der Waals surface area contributed by atoms with Gasteiger partial charge in [-0.05, 0) is 30.5 Å². The van der Waals surface area contributed by atoms with Crippen LogP contribution in [0.5, 0.6) is 0 Å². The number of nitrogens with zero attached hydrogens (tertiary/aromatic N) is 1. The van der Waals surface area contributed by atoms with E-state index in [-0.39, 0.29) is 23.1 Å². The van der Waals surface area contributed by atoms with Gasteiger partial charge in [0, 0.05) is 11.4 Å². The van der Waals surface area contributed by atoms with E-state index in [1.54, 1.807) is 6.92 Å². The fraction of sp³-hybridized carbons (Fsp3) is 0.278. The van der Waals surface area contributed by atoms with E-state index in [0.717, 1.165) is 23.0 Å². The van der Waals surface area contributed by atoms with Crippen LogP contribution in [0, 0.1) is 6.92 Å². The number of alkyl halides is 3. The highest BCUT2D eigenvalue weighted by molar-refractivity contribution is 7.89. The number of benzene rings is 1. The summed E-state index contributed by atoms with van der Waals surface area (Å²) in [4.78, 5) is 0.872. The lowest BCUT2D eigenvalue weighted by molar-refractivity contribution is -0.141. The summed E-state index contributed by atoms with van der Waals surface area (Å²) >= 11 is 1.08. The number of thiophene rings is 1. The zero-order valence-corrected chi connectivity index (χ0v) is 16.7. The van der Waals surface area contributed by atoms with Crippen molar-refractivity contribution < 1.29 is 21.6 Å². The zero-order chi connectivity index (χ0) is 20.5. The lowest BCUT2D eigenvalue weighted by Crippen LogP contribution is -2.27. The lowest BCUT2D eigenvalue weighted by atomic mass is 10.0. The van der Waals surface area contributed by atoms with Gasteiger partial charge in [0.05, 0.1) is 9.77 Å². The van der Waals surface area contributed by atoms with Crippen LogP contribution >= 0.6 is 11.3 Å². The summed E-state index contributed by atoms with van der Waals surface area (Å²) in [5.41, 5.74) is 0.0800. The van der Waals surface area contributed by atoms with Gasteiger partial charge in [-0.25, -0.2) is 13.1 Å². The highest BCUT2D eigenvalue weighted by Crippen LogP contribution is 2.35. The van der Waals surface area contributed by atoms with E-state index >= 15 is 0 Å². The van der Waals surface area contributed by atoms with E-state index in [4.69, 9.17) is 0 Å². The predicted octanol–water partition coefficient (Wildman–Crippen LogP) is 4.55. The normalized spacial score (nSPS) is 13.6. The van der Waals surface area contributed by atoms with Crippen molar-refractivity contribution in [3.63, 3.8) is 0 Å². The van der Waals surface area contributed by atoms with Gasteiger partial charge >= 0.3 is 6.18 Å². The molecule has 2 N–H and O–H groups in total. The molecule has 0 aliphatic carbocycles. The molecule has 0 spiro atoms. The Balaban J connectivity index is 1.78. The van der Waals surface area contributed by atoms with Gasteiger partial charge in [0.15, 0.2) is 0 Å². The van der Waals surface area contributed by atoms with E-state index in [1.165, 1.54) is 6.07 Å². The number of nitrogens with one attached hydrogen (secondary N) is 2. The topological polar surface area (TPSA) is 74.8 Å². The Morgan fingerprint density at radius 2 is 1.89 bits per heavy atom. The second kappa shape index (κ2) is 7.69. The Labute approximate surface area is 164 Å². The second-order valence-corrected chi connectivity index (χ2v) is 9.35. The molecule has 1 aromatic carbocycles. The van der Waals surface area contributed by atoms with Gasteiger partial charge in [0.2, 0.25) is 10.0 Å². The van der Waals surface area contributed by atoms with E-state index in [9.17, 15) is 21.6 Å². The Hall–Kier alpha value is -2.17. The number of hydrogen-bond acceptors (Lipinski definition) is 4. The maximum Gasteiger partial charge on any atom is 0.432 e. The molecule has 0 saturated carbocycles. The van der Waals surface area contributed by atoms with Gasteiger partial charge in [-0.1, -0.05) is 37.3 Å². The molecule has 1 atom stereocenters. The van der Waals surface area contributed by atoms with Crippen molar-refractivity contribution in [2.75, 3.05) is 6.54 Å². The monoisotopic (exact) mass is 429 g/mol. The summed E-state index contributed by atoms with van der Waals surface area (Å²) in [7, 11) is -3.80. The summed E-state index contributed by atoms with van der Waals surface area (Å²) in [6.07, 6.45) is -4.54. The molecule has 0 amide bonds. The number of sulfonamides is 1. The Morgan fingerprint density at radius 1 is 1.21 bits per heavy atom. The molecule has 0 bridgehead atoms. The van der Waals surface area contributed by atoms with Crippen molar-refractivity contribution in [3.05, 3.63) is 58.6 Å². The third-order valence-electron chi connectivity index (χ3n) is 4.25. The quantitative estimate of drug-likeness (QED) is 0.604. The molecule has 150 valence electrons. The number of halogens is 3. The van der Waals surface area contributed by atoms with Crippen LogP contribution < -0.4 is 4.72 Å². The summed E-state index contributed by atoms with van der Waals surface area (Å²) in [5, 5.41) is 5.59. The molecule has 5 nitrogen and oxygen atoms in total. The van der Waals surface area contributed by atoms with Crippen LogP contribution in [0.2, 0.25) is 0 Å². The number of rotatable bonds is 6. The first-order valence-corrected chi connectivity index (χ1v) is 10.7. The van der Waals surface area contributed by atoms with E-state index < -0.39 is 21.9 Å². The molecule has 0 aliphatic heterocycles. The van der Waals surface area contributed by atoms with Crippen LogP contribution in [-0.2, 0) is 16.2 Å². The Morgan fingerprint density at radius 3 is 2.50 bits per heavy atom. The second-order valence-electron chi connectivity index (χ2n) is 6.36. The fourth-order valence-electron chi connectivity index (χ4n) is 2.66. The Kier molecular flexibility index (Phi) is 5.64. The van der Waals surface area contributed by atoms with Gasteiger partial charge in [-0.15, -0.1) is 11.3 Å². The van der Waals surface area contributed by atoms with Crippen molar-refractivity contribution in [3.8, 4) is 10.6 Å². The molecular weight excluding hydrogens is 411 g/mol. The van der Waals surface area contributed by atoms with E-state index in [1.807, 2.05) is 42.4 Å². The summed E-state index contributed by atoms with van der Waals surface area (Å²) in [6, 6.07) is 11.7. The minimum absolute atomic E-state index is 0.0323.